The van der Waals surface area contributed by atoms with Gasteiger partial charge in [0.15, 0.2) is 0 Å². The lowest BCUT2D eigenvalue weighted by atomic mass is 10.1. The minimum absolute atomic E-state index is 0.756. The van der Waals surface area contributed by atoms with E-state index in [1.165, 1.54) is 35.4 Å². The number of benzene rings is 1. The third kappa shape index (κ3) is 1.57. The first kappa shape index (κ1) is 9.71. The van der Waals surface area contributed by atoms with E-state index in [-0.39, 0.29) is 0 Å². The van der Waals surface area contributed by atoms with Crippen LogP contribution in [0.5, 0.6) is 0 Å². The van der Waals surface area contributed by atoms with Gasteiger partial charge in [0.05, 0.1) is 0 Å². The largest absolute Gasteiger partial charge is 0.342 e. The van der Waals surface area contributed by atoms with Gasteiger partial charge in [0.1, 0.15) is 0 Å². The number of hydrogen-bond acceptors (Lipinski definition) is 0. The Kier molecular flexibility index (Phi) is 2.13. The first-order chi connectivity index (χ1) is 7.75. The van der Waals surface area contributed by atoms with Gasteiger partial charge in [-0.25, -0.2) is 0 Å². The average Bonchev–Trinajstić information content (AvgIpc) is 3.04. The lowest BCUT2D eigenvalue weighted by Crippen LogP contribution is -1.98. The fraction of sp³-hybridized carbons (Fsp3) is 0.333. The highest BCUT2D eigenvalue weighted by Crippen LogP contribution is 2.40. The average molecular weight is 211 g/mol. The summed E-state index contributed by atoms with van der Waals surface area (Å²) < 4.78 is 2.49. The highest BCUT2D eigenvalue weighted by atomic mass is 15.1. The standard InChI is InChI=1S/C15H17N/c1-11-3-6-13(7-4-11)15-10-5-12(2)16(15)14-8-9-14/h3-7,10,14H,8-9H2,1-2H3. The molecule has 0 aliphatic heterocycles. The Balaban J connectivity index is 2.08. The molecule has 1 heteroatoms. The molecule has 3 rings (SSSR count). The van der Waals surface area contributed by atoms with E-state index in [9.17, 15) is 0 Å². The van der Waals surface area contributed by atoms with Crippen LogP contribution in [0.3, 0.4) is 0 Å². The second kappa shape index (κ2) is 3.51. The number of hydrogen-bond donors (Lipinski definition) is 0. The predicted molar refractivity (Wildman–Crippen MR) is 67.6 cm³/mol. The van der Waals surface area contributed by atoms with Crippen molar-refractivity contribution in [3.05, 3.63) is 47.7 Å². The van der Waals surface area contributed by atoms with Crippen molar-refractivity contribution in [2.75, 3.05) is 0 Å². The minimum atomic E-state index is 0.756. The fourth-order valence-electron chi connectivity index (χ4n) is 2.33. The van der Waals surface area contributed by atoms with E-state index in [1.54, 1.807) is 0 Å². The molecule has 1 fully saturated rings. The molecule has 1 saturated carbocycles. The van der Waals surface area contributed by atoms with Crippen LogP contribution in [0.1, 0.15) is 30.1 Å². The Labute approximate surface area is 96.7 Å². The topological polar surface area (TPSA) is 4.93 Å². The van der Waals surface area contributed by atoms with Gasteiger partial charge in [0.25, 0.3) is 0 Å². The van der Waals surface area contributed by atoms with E-state index in [4.69, 9.17) is 0 Å². The molecule has 1 nitrogen and oxygen atoms in total. The zero-order chi connectivity index (χ0) is 11.1. The molecule has 82 valence electrons. The van der Waals surface area contributed by atoms with Gasteiger partial charge < -0.3 is 4.57 Å². The van der Waals surface area contributed by atoms with Crippen molar-refractivity contribution in [1.29, 1.82) is 0 Å². The third-order valence-electron chi connectivity index (χ3n) is 3.38. The normalized spacial score (nSPS) is 15.4. The molecule has 0 N–H and O–H groups in total. The molecule has 2 aromatic rings. The Morgan fingerprint density at radius 3 is 2.25 bits per heavy atom. The van der Waals surface area contributed by atoms with Crippen molar-refractivity contribution >= 4 is 0 Å². The SMILES string of the molecule is Cc1ccc(-c2ccc(C)n2C2CC2)cc1. The maximum atomic E-state index is 2.49. The monoisotopic (exact) mass is 211 g/mol. The van der Waals surface area contributed by atoms with Gasteiger partial charge >= 0.3 is 0 Å². The van der Waals surface area contributed by atoms with Gasteiger partial charge in [-0.15, -0.1) is 0 Å². The summed E-state index contributed by atoms with van der Waals surface area (Å²) in [6, 6.07) is 14.1. The van der Waals surface area contributed by atoms with Crippen LogP contribution in [-0.2, 0) is 0 Å². The maximum absolute atomic E-state index is 2.49. The molecule has 0 radical (unpaired) electrons. The first-order valence-electron chi connectivity index (χ1n) is 6.00. The summed E-state index contributed by atoms with van der Waals surface area (Å²) in [5.41, 5.74) is 5.42. The second-order valence-electron chi connectivity index (χ2n) is 4.83. The van der Waals surface area contributed by atoms with Crippen LogP contribution in [-0.4, -0.2) is 4.57 Å². The maximum Gasteiger partial charge on any atom is 0.0484 e. The van der Waals surface area contributed by atoms with Gasteiger partial charge in [-0.3, -0.25) is 0 Å². The lowest BCUT2D eigenvalue weighted by molar-refractivity contribution is 0.730. The molecule has 0 bridgehead atoms. The van der Waals surface area contributed by atoms with Gasteiger partial charge in [0, 0.05) is 17.4 Å². The predicted octanol–water partition coefficient (Wildman–Crippen LogP) is 4.11. The summed E-state index contributed by atoms with van der Waals surface area (Å²) in [6.45, 7) is 4.34. The van der Waals surface area contributed by atoms with Crippen molar-refractivity contribution in [3.8, 4) is 11.3 Å². The Morgan fingerprint density at radius 2 is 1.62 bits per heavy atom. The molecular formula is C15H17N. The Morgan fingerprint density at radius 1 is 0.938 bits per heavy atom. The highest BCUT2D eigenvalue weighted by molar-refractivity contribution is 5.61. The van der Waals surface area contributed by atoms with Crippen molar-refractivity contribution < 1.29 is 0 Å². The molecule has 1 aromatic carbocycles. The van der Waals surface area contributed by atoms with Crippen molar-refractivity contribution in [3.63, 3.8) is 0 Å². The molecule has 1 heterocycles. The Bertz CT molecular complexity index is 501. The zero-order valence-corrected chi connectivity index (χ0v) is 9.90. The zero-order valence-electron chi connectivity index (χ0n) is 9.90. The quantitative estimate of drug-likeness (QED) is 0.704. The second-order valence-corrected chi connectivity index (χ2v) is 4.83. The molecule has 1 aliphatic rings. The number of nitrogens with zero attached hydrogens (tertiary/aromatic N) is 1. The molecular weight excluding hydrogens is 194 g/mol. The van der Waals surface area contributed by atoms with E-state index in [0.717, 1.165) is 6.04 Å². The molecule has 0 unspecified atom stereocenters. The van der Waals surface area contributed by atoms with Crippen molar-refractivity contribution in [1.82, 2.24) is 4.57 Å². The highest BCUT2D eigenvalue weighted by Gasteiger charge is 2.26. The summed E-state index contributed by atoms with van der Waals surface area (Å²) >= 11 is 0. The fourth-order valence-corrected chi connectivity index (χ4v) is 2.33. The van der Waals surface area contributed by atoms with Crippen LogP contribution in [0.25, 0.3) is 11.3 Å². The van der Waals surface area contributed by atoms with Crippen molar-refractivity contribution in [2.45, 2.75) is 32.7 Å². The van der Waals surface area contributed by atoms with Crippen LogP contribution in [0, 0.1) is 13.8 Å². The van der Waals surface area contributed by atoms with E-state index >= 15 is 0 Å². The van der Waals surface area contributed by atoms with E-state index in [2.05, 4.69) is 54.8 Å². The van der Waals surface area contributed by atoms with Crippen molar-refractivity contribution in [2.24, 2.45) is 0 Å². The molecule has 1 aromatic heterocycles. The third-order valence-corrected chi connectivity index (χ3v) is 3.38. The van der Waals surface area contributed by atoms with Gasteiger partial charge in [-0.1, -0.05) is 29.8 Å². The van der Waals surface area contributed by atoms with Gasteiger partial charge in [0.2, 0.25) is 0 Å². The first-order valence-corrected chi connectivity index (χ1v) is 6.00. The van der Waals surface area contributed by atoms with Crippen LogP contribution >= 0.6 is 0 Å². The van der Waals surface area contributed by atoms with Crippen LogP contribution in [0.15, 0.2) is 36.4 Å². The molecule has 0 saturated heterocycles. The molecule has 0 atom stereocenters. The van der Waals surface area contributed by atoms with Gasteiger partial charge in [-0.2, -0.15) is 0 Å². The van der Waals surface area contributed by atoms with E-state index in [1.807, 2.05) is 0 Å². The summed E-state index contributed by atoms with van der Waals surface area (Å²) in [5.74, 6) is 0. The number of aromatic nitrogens is 1. The molecule has 0 amide bonds. The summed E-state index contributed by atoms with van der Waals surface area (Å²) in [4.78, 5) is 0. The van der Waals surface area contributed by atoms with Crippen LogP contribution < -0.4 is 0 Å². The van der Waals surface area contributed by atoms with Crippen LogP contribution in [0.2, 0.25) is 0 Å². The smallest absolute Gasteiger partial charge is 0.0484 e. The summed E-state index contributed by atoms with van der Waals surface area (Å²) in [6.07, 6.45) is 2.68. The lowest BCUT2D eigenvalue weighted by Gasteiger charge is -2.10. The van der Waals surface area contributed by atoms with E-state index in [0.29, 0.717) is 0 Å². The minimum Gasteiger partial charge on any atom is -0.342 e. The Hall–Kier alpha value is -1.50. The van der Waals surface area contributed by atoms with Crippen LogP contribution in [0.4, 0.5) is 0 Å². The van der Waals surface area contributed by atoms with E-state index < -0.39 is 0 Å². The molecule has 0 spiro atoms. The molecule has 16 heavy (non-hydrogen) atoms. The number of aryl methyl sites for hydroxylation is 2. The summed E-state index contributed by atoms with van der Waals surface area (Å²) in [5, 5.41) is 0. The summed E-state index contributed by atoms with van der Waals surface area (Å²) in [7, 11) is 0. The number of rotatable bonds is 2. The van der Waals surface area contributed by atoms with Gasteiger partial charge in [-0.05, 0) is 44.4 Å². The molecule has 1 aliphatic carbocycles.